The number of phenols is 1. The summed E-state index contributed by atoms with van der Waals surface area (Å²) in [6.45, 7) is 1.48. The minimum absolute atomic E-state index is 0.0112. The maximum Gasteiger partial charge on any atom is 0.416 e. The molecule has 0 amide bonds. The Morgan fingerprint density at radius 2 is 1.93 bits per heavy atom. The van der Waals surface area contributed by atoms with Crippen LogP contribution in [0.1, 0.15) is 11.3 Å². The molecule has 0 spiro atoms. The van der Waals surface area contributed by atoms with Crippen molar-refractivity contribution in [2.45, 2.75) is 25.2 Å². The smallest absolute Gasteiger partial charge is 0.416 e. The first kappa shape index (κ1) is 21.2. The van der Waals surface area contributed by atoms with Gasteiger partial charge in [-0.05, 0) is 25.1 Å². The molecule has 29 heavy (non-hydrogen) atoms. The summed E-state index contributed by atoms with van der Waals surface area (Å²) < 4.78 is 62.5. The Balaban J connectivity index is 1.81. The van der Waals surface area contributed by atoms with Gasteiger partial charge in [0.05, 0.1) is 29.7 Å². The van der Waals surface area contributed by atoms with Gasteiger partial charge in [-0.25, -0.2) is 13.4 Å². The van der Waals surface area contributed by atoms with Crippen LogP contribution in [-0.4, -0.2) is 69.6 Å². The van der Waals surface area contributed by atoms with Crippen molar-refractivity contribution in [2.75, 3.05) is 24.7 Å². The molecule has 1 aliphatic heterocycles. The maximum atomic E-state index is 12.7. The van der Waals surface area contributed by atoms with E-state index in [1.165, 1.54) is 6.92 Å². The van der Waals surface area contributed by atoms with Gasteiger partial charge in [-0.15, -0.1) is 10.2 Å². The Kier molecular flexibility index (Phi) is 5.40. The van der Waals surface area contributed by atoms with Gasteiger partial charge in [0.15, 0.2) is 0 Å². The number of aromatic nitrogens is 3. The summed E-state index contributed by atoms with van der Waals surface area (Å²) in [7, 11) is -3.46. The molecule has 2 aromatic rings. The van der Waals surface area contributed by atoms with Crippen molar-refractivity contribution >= 4 is 16.0 Å². The SMILES string of the molecule is Cc1nc(NC2CN(S(C)(=O)=O)CC2O)nnc1-c1ccc(C(F)(F)F)cc1O. The molecule has 1 aromatic carbocycles. The average Bonchev–Trinajstić information content (AvgIpc) is 2.96. The van der Waals surface area contributed by atoms with Gasteiger partial charge in [-0.1, -0.05) is 0 Å². The zero-order valence-corrected chi connectivity index (χ0v) is 16.2. The van der Waals surface area contributed by atoms with Crippen LogP contribution in [0.3, 0.4) is 0 Å². The van der Waals surface area contributed by atoms with E-state index < -0.39 is 39.7 Å². The Morgan fingerprint density at radius 3 is 2.45 bits per heavy atom. The van der Waals surface area contributed by atoms with E-state index in [-0.39, 0.29) is 36.0 Å². The lowest BCUT2D eigenvalue weighted by Crippen LogP contribution is -2.33. The number of nitrogens with zero attached hydrogens (tertiary/aromatic N) is 4. The van der Waals surface area contributed by atoms with Crippen molar-refractivity contribution in [2.24, 2.45) is 0 Å². The molecule has 1 aliphatic rings. The van der Waals surface area contributed by atoms with Gasteiger partial charge in [0.2, 0.25) is 16.0 Å². The number of anilines is 1. The molecule has 9 nitrogen and oxygen atoms in total. The summed E-state index contributed by atoms with van der Waals surface area (Å²) >= 11 is 0. The fourth-order valence-corrected chi connectivity index (χ4v) is 3.81. The molecule has 0 aliphatic carbocycles. The molecule has 158 valence electrons. The number of hydrogen-bond acceptors (Lipinski definition) is 8. The van der Waals surface area contributed by atoms with Crippen LogP contribution < -0.4 is 5.32 Å². The number of aliphatic hydroxyl groups excluding tert-OH is 1. The molecule has 1 aromatic heterocycles. The molecule has 1 saturated heterocycles. The molecule has 0 bridgehead atoms. The Hall–Kier alpha value is -2.51. The van der Waals surface area contributed by atoms with Crippen LogP contribution in [-0.2, 0) is 16.2 Å². The number of phenolic OH excluding ortho intramolecular Hbond substituents is 1. The lowest BCUT2D eigenvalue weighted by molar-refractivity contribution is -0.137. The number of β-amino-alcohol motifs (C(OH)–C–C–N with tert-alkyl or cyclic N) is 1. The molecule has 2 atom stereocenters. The van der Waals surface area contributed by atoms with Gasteiger partial charge in [0, 0.05) is 18.7 Å². The van der Waals surface area contributed by atoms with E-state index in [2.05, 4.69) is 20.5 Å². The molecule has 3 N–H and O–H groups in total. The monoisotopic (exact) mass is 433 g/mol. The van der Waals surface area contributed by atoms with Crippen molar-refractivity contribution in [3.05, 3.63) is 29.5 Å². The molecular weight excluding hydrogens is 415 g/mol. The van der Waals surface area contributed by atoms with Crippen LogP contribution in [0.25, 0.3) is 11.3 Å². The average molecular weight is 433 g/mol. The van der Waals surface area contributed by atoms with Crippen LogP contribution in [0.4, 0.5) is 19.1 Å². The summed E-state index contributed by atoms with van der Waals surface area (Å²) in [5.74, 6) is -0.605. The van der Waals surface area contributed by atoms with E-state index in [1.54, 1.807) is 0 Å². The van der Waals surface area contributed by atoms with Gasteiger partial charge < -0.3 is 15.5 Å². The number of hydrogen-bond donors (Lipinski definition) is 3. The van der Waals surface area contributed by atoms with Crippen molar-refractivity contribution < 1.29 is 31.8 Å². The molecule has 3 rings (SSSR count). The second-order valence-electron chi connectivity index (χ2n) is 6.70. The number of benzene rings is 1. The van der Waals surface area contributed by atoms with Crippen molar-refractivity contribution in [3.8, 4) is 17.0 Å². The molecule has 2 heterocycles. The molecule has 13 heteroatoms. The Bertz CT molecular complexity index is 1030. The van der Waals surface area contributed by atoms with Gasteiger partial charge >= 0.3 is 6.18 Å². The first-order valence-electron chi connectivity index (χ1n) is 8.38. The normalized spacial score (nSPS) is 20.8. The highest BCUT2D eigenvalue weighted by molar-refractivity contribution is 7.88. The number of aliphatic hydroxyl groups is 1. The van der Waals surface area contributed by atoms with Gasteiger partial charge in [0.1, 0.15) is 11.4 Å². The number of rotatable bonds is 4. The fraction of sp³-hybridized carbons (Fsp3) is 0.438. The number of halogens is 3. The fourth-order valence-electron chi connectivity index (χ4n) is 2.95. The van der Waals surface area contributed by atoms with E-state index in [9.17, 15) is 31.8 Å². The number of aryl methyl sites for hydroxylation is 1. The number of nitrogens with one attached hydrogen (secondary N) is 1. The van der Waals surface area contributed by atoms with Crippen LogP contribution in [0, 0.1) is 6.92 Å². The number of alkyl halides is 3. The lowest BCUT2D eigenvalue weighted by Gasteiger charge is -2.16. The summed E-state index contributed by atoms with van der Waals surface area (Å²) in [4.78, 5) is 4.15. The highest BCUT2D eigenvalue weighted by atomic mass is 32.2. The number of aromatic hydroxyl groups is 1. The zero-order chi connectivity index (χ0) is 21.6. The summed E-state index contributed by atoms with van der Waals surface area (Å²) in [5, 5.41) is 30.5. The molecule has 0 radical (unpaired) electrons. The number of sulfonamides is 1. The standard InChI is InChI=1S/C16H18F3N5O4S/c1-8-14(10-4-3-9(5-12(10)25)16(17,18)19)22-23-15(20-8)21-11-6-24(7-13(11)26)29(2,27)28/h3-5,11,13,25-26H,6-7H2,1-2H3,(H,20,21,23). The molecular formula is C16H18F3N5O4S. The molecule has 2 unspecified atom stereocenters. The van der Waals surface area contributed by atoms with Crippen LogP contribution in [0.15, 0.2) is 18.2 Å². The molecule has 0 saturated carbocycles. The third-order valence-corrected chi connectivity index (χ3v) is 5.72. The second-order valence-corrected chi connectivity index (χ2v) is 8.68. The summed E-state index contributed by atoms with van der Waals surface area (Å²) in [6, 6.07) is 1.83. The highest BCUT2D eigenvalue weighted by Gasteiger charge is 2.36. The molecule has 1 fully saturated rings. The maximum absolute atomic E-state index is 12.7. The largest absolute Gasteiger partial charge is 0.507 e. The van der Waals surface area contributed by atoms with Gasteiger partial charge in [-0.2, -0.15) is 17.5 Å². The zero-order valence-electron chi connectivity index (χ0n) is 15.3. The van der Waals surface area contributed by atoms with Crippen LogP contribution in [0.2, 0.25) is 0 Å². The van der Waals surface area contributed by atoms with E-state index in [4.69, 9.17) is 0 Å². The van der Waals surface area contributed by atoms with E-state index >= 15 is 0 Å². The van der Waals surface area contributed by atoms with E-state index in [1.807, 2.05) is 0 Å². The third-order valence-electron chi connectivity index (χ3n) is 4.48. The van der Waals surface area contributed by atoms with Crippen molar-refractivity contribution in [3.63, 3.8) is 0 Å². The topological polar surface area (TPSA) is 129 Å². The van der Waals surface area contributed by atoms with Crippen molar-refractivity contribution in [1.82, 2.24) is 19.5 Å². The quantitative estimate of drug-likeness (QED) is 0.651. The summed E-state index contributed by atoms with van der Waals surface area (Å²) in [5.41, 5.74) is -0.607. The van der Waals surface area contributed by atoms with Gasteiger partial charge in [0.25, 0.3) is 0 Å². The predicted molar refractivity (Wildman–Crippen MR) is 96.5 cm³/mol. The van der Waals surface area contributed by atoms with E-state index in [0.717, 1.165) is 22.7 Å². The minimum Gasteiger partial charge on any atom is -0.507 e. The third kappa shape index (κ3) is 4.57. The predicted octanol–water partition coefficient (Wildman–Crippen LogP) is 0.988. The first-order valence-corrected chi connectivity index (χ1v) is 10.2. The van der Waals surface area contributed by atoms with E-state index in [0.29, 0.717) is 6.07 Å². The second kappa shape index (κ2) is 7.39. The van der Waals surface area contributed by atoms with Crippen LogP contribution in [0.5, 0.6) is 5.75 Å². The van der Waals surface area contributed by atoms with Crippen LogP contribution >= 0.6 is 0 Å². The summed E-state index contributed by atoms with van der Waals surface area (Å²) in [6.07, 6.45) is -4.53. The first-order chi connectivity index (χ1) is 13.4. The minimum atomic E-state index is -4.59. The van der Waals surface area contributed by atoms with Gasteiger partial charge in [-0.3, -0.25) is 0 Å². The highest BCUT2D eigenvalue weighted by Crippen LogP contribution is 2.36. The Morgan fingerprint density at radius 1 is 1.24 bits per heavy atom. The lowest BCUT2D eigenvalue weighted by atomic mass is 10.1. The Labute approximate surface area is 164 Å². The van der Waals surface area contributed by atoms with Crippen molar-refractivity contribution in [1.29, 1.82) is 0 Å².